The van der Waals surface area contributed by atoms with Crippen LogP contribution < -0.4 is 25.0 Å². The van der Waals surface area contributed by atoms with Gasteiger partial charge in [-0.25, -0.2) is 4.39 Å². The number of fused-ring (bicyclic) bond motifs is 1. The molecule has 23 heavy (non-hydrogen) atoms. The third-order valence-corrected chi connectivity index (χ3v) is 3.97. The van der Waals surface area contributed by atoms with Crippen LogP contribution >= 0.6 is 0 Å². The van der Waals surface area contributed by atoms with E-state index in [2.05, 4.69) is 15.5 Å². The lowest BCUT2D eigenvalue weighted by atomic mass is 10.1. The molecule has 0 radical (unpaired) electrons. The van der Waals surface area contributed by atoms with Gasteiger partial charge in [0.2, 0.25) is 0 Å². The summed E-state index contributed by atoms with van der Waals surface area (Å²) in [5, 5.41) is 6.65. The van der Waals surface area contributed by atoms with Gasteiger partial charge in [0.05, 0.1) is 32.3 Å². The number of hydrogen-bond acceptors (Lipinski definition) is 5. The summed E-state index contributed by atoms with van der Waals surface area (Å²) < 4.78 is 24.0. The van der Waals surface area contributed by atoms with Gasteiger partial charge < -0.3 is 25.0 Å². The summed E-state index contributed by atoms with van der Waals surface area (Å²) in [6.45, 7) is 1.33. The summed E-state index contributed by atoms with van der Waals surface area (Å²) in [5.41, 5.74) is 4.05. The van der Waals surface area contributed by atoms with Crippen molar-refractivity contribution in [2.24, 2.45) is 0 Å². The molecule has 1 heterocycles. The largest absolute Gasteiger partial charge is 0.496 e. The predicted octanol–water partition coefficient (Wildman–Crippen LogP) is 3.27. The average Bonchev–Trinajstić information content (AvgIpc) is 2.95. The second kappa shape index (κ2) is 6.24. The molecule has 6 heteroatoms. The Morgan fingerprint density at radius 3 is 2.70 bits per heavy atom. The summed E-state index contributed by atoms with van der Waals surface area (Å²) in [6, 6.07) is 8.69. The number of benzene rings is 2. The summed E-state index contributed by atoms with van der Waals surface area (Å²) >= 11 is 0. The van der Waals surface area contributed by atoms with E-state index in [1.807, 2.05) is 19.2 Å². The van der Waals surface area contributed by atoms with E-state index in [9.17, 15) is 4.39 Å². The molecule has 2 aromatic carbocycles. The molecule has 0 saturated heterocycles. The lowest BCUT2D eigenvalue weighted by Gasteiger charge is -2.19. The number of rotatable bonds is 5. The Kier molecular flexibility index (Phi) is 4.14. The van der Waals surface area contributed by atoms with Crippen LogP contribution in [-0.2, 0) is 6.54 Å². The number of halogens is 1. The van der Waals surface area contributed by atoms with Gasteiger partial charge in [-0.05, 0) is 24.3 Å². The van der Waals surface area contributed by atoms with E-state index in [0.717, 1.165) is 35.0 Å². The first kappa shape index (κ1) is 15.3. The maximum absolute atomic E-state index is 13.5. The topological polar surface area (TPSA) is 45.8 Å². The van der Waals surface area contributed by atoms with Crippen molar-refractivity contribution in [1.29, 1.82) is 0 Å². The highest BCUT2D eigenvalue weighted by Crippen LogP contribution is 2.39. The Morgan fingerprint density at radius 2 is 1.96 bits per heavy atom. The van der Waals surface area contributed by atoms with Gasteiger partial charge in [-0.3, -0.25) is 0 Å². The van der Waals surface area contributed by atoms with Crippen LogP contribution in [0, 0.1) is 5.82 Å². The molecular weight excluding hydrogens is 297 g/mol. The SMILES string of the molecule is COc1cc(NCc2c(OC)ccc3c2N(C)CN3)ccc1F. The third-order valence-electron chi connectivity index (χ3n) is 3.97. The molecule has 0 atom stereocenters. The fourth-order valence-corrected chi connectivity index (χ4v) is 2.80. The van der Waals surface area contributed by atoms with Crippen LogP contribution in [0.15, 0.2) is 30.3 Å². The fourth-order valence-electron chi connectivity index (χ4n) is 2.80. The minimum absolute atomic E-state index is 0.221. The Morgan fingerprint density at radius 1 is 1.17 bits per heavy atom. The number of ether oxygens (including phenoxy) is 2. The van der Waals surface area contributed by atoms with Gasteiger partial charge in [-0.15, -0.1) is 0 Å². The van der Waals surface area contributed by atoms with Gasteiger partial charge in [-0.2, -0.15) is 0 Å². The van der Waals surface area contributed by atoms with E-state index >= 15 is 0 Å². The van der Waals surface area contributed by atoms with Gasteiger partial charge >= 0.3 is 0 Å². The first-order chi connectivity index (χ1) is 11.1. The maximum atomic E-state index is 13.5. The molecule has 0 fully saturated rings. The van der Waals surface area contributed by atoms with Crippen LogP contribution in [0.5, 0.6) is 11.5 Å². The Hall–Kier alpha value is -2.63. The van der Waals surface area contributed by atoms with Crippen molar-refractivity contribution in [2.45, 2.75) is 6.54 Å². The second-order valence-electron chi connectivity index (χ2n) is 5.38. The van der Waals surface area contributed by atoms with Crippen molar-refractivity contribution in [1.82, 2.24) is 0 Å². The highest BCUT2D eigenvalue weighted by atomic mass is 19.1. The molecule has 0 aromatic heterocycles. The standard InChI is InChI=1S/C17H20FN3O2/c1-21-10-20-14-6-7-15(22-2)12(17(14)21)9-19-11-4-5-13(18)16(8-11)23-3/h4-8,19-20H,9-10H2,1-3H3. The zero-order valence-corrected chi connectivity index (χ0v) is 13.4. The summed E-state index contributed by atoms with van der Waals surface area (Å²) in [5.74, 6) is 0.667. The minimum atomic E-state index is -0.375. The van der Waals surface area contributed by atoms with E-state index in [4.69, 9.17) is 9.47 Å². The zero-order chi connectivity index (χ0) is 16.4. The van der Waals surface area contributed by atoms with E-state index < -0.39 is 0 Å². The van der Waals surface area contributed by atoms with Crippen LogP contribution in [0.25, 0.3) is 0 Å². The maximum Gasteiger partial charge on any atom is 0.165 e. The van der Waals surface area contributed by atoms with Gasteiger partial charge in [-0.1, -0.05) is 0 Å². The fraction of sp³-hybridized carbons (Fsp3) is 0.294. The first-order valence-corrected chi connectivity index (χ1v) is 7.36. The van der Waals surface area contributed by atoms with E-state index in [1.165, 1.54) is 13.2 Å². The van der Waals surface area contributed by atoms with Crippen LogP contribution in [0.1, 0.15) is 5.56 Å². The molecule has 1 aliphatic heterocycles. The molecule has 5 nitrogen and oxygen atoms in total. The summed E-state index contributed by atoms with van der Waals surface area (Å²) in [6.07, 6.45) is 0. The van der Waals surface area contributed by atoms with Crippen LogP contribution in [-0.4, -0.2) is 27.9 Å². The second-order valence-corrected chi connectivity index (χ2v) is 5.38. The Labute approximate surface area is 135 Å². The predicted molar refractivity (Wildman–Crippen MR) is 90.2 cm³/mol. The molecule has 0 aliphatic carbocycles. The van der Waals surface area contributed by atoms with Crippen molar-refractivity contribution in [2.75, 3.05) is 43.5 Å². The van der Waals surface area contributed by atoms with Crippen molar-refractivity contribution < 1.29 is 13.9 Å². The van der Waals surface area contributed by atoms with Crippen molar-refractivity contribution in [3.63, 3.8) is 0 Å². The first-order valence-electron chi connectivity index (χ1n) is 7.36. The van der Waals surface area contributed by atoms with E-state index in [-0.39, 0.29) is 11.6 Å². The van der Waals surface area contributed by atoms with Crippen LogP contribution in [0.3, 0.4) is 0 Å². The number of anilines is 3. The zero-order valence-electron chi connectivity index (χ0n) is 13.4. The molecule has 0 spiro atoms. The number of hydrogen-bond donors (Lipinski definition) is 2. The molecule has 2 N–H and O–H groups in total. The smallest absolute Gasteiger partial charge is 0.165 e. The number of nitrogens with one attached hydrogen (secondary N) is 2. The Balaban J connectivity index is 1.87. The monoisotopic (exact) mass is 317 g/mol. The molecule has 0 amide bonds. The molecule has 1 aliphatic rings. The highest BCUT2D eigenvalue weighted by molar-refractivity contribution is 5.80. The van der Waals surface area contributed by atoms with Gasteiger partial charge in [0, 0.05) is 30.9 Å². The highest BCUT2D eigenvalue weighted by Gasteiger charge is 2.22. The molecule has 0 bridgehead atoms. The van der Waals surface area contributed by atoms with Gasteiger partial charge in [0.1, 0.15) is 5.75 Å². The molecule has 3 rings (SSSR count). The quantitative estimate of drug-likeness (QED) is 0.886. The lowest BCUT2D eigenvalue weighted by molar-refractivity contribution is 0.387. The third kappa shape index (κ3) is 2.84. The van der Waals surface area contributed by atoms with Crippen molar-refractivity contribution in [3.05, 3.63) is 41.7 Å². The number of nitrogens with zero attached hydrogens (tertiary/aromatic N) is 1. The summed E-state index contributed by atoms with van der Waals surface area (Å²) in [7, 11) is 5.15. The van der Waals surface area contributed by atoms with E-state index in [0.29, 0.717) is 6.54 Å². The van der Waals surface area contributed by atoms with Gasteiger partial charge in [0.25, 0.3) is 0 Å². The number of methoxy groups -OCH3 is 2. The van der Waals surface area contributed by atoms with Gasteiger partial charge in [0.15, 0.2) is 11.6 Å². The van der Waals surface area contributed by atoms with Crippen molar-refractivity contribution >= 4 is 17.1 Å². The minimum Gasteiger partial charge on any atom is -0.496 e. The normalized spacial score (nSPS) is 12.6. The van der Waals surface area contributed by atoms with E-state index in [1.54, 1.807) is 19.2 Å². The molecule has 0 saturated carbocycles. The Bertz CT molecular complexity index is 721. The van der Waals surface area contributed by atoms with Crippen LogP contribution in [0.2, 0.25) is 0 Å². The molecule has 2 aromatic rings. The lowest BCUT2D eigenvalue weighted by Crippen LogP contribution is -2.18. The van der Waals surface area contributed by atoms with Crippen molar-refractivity contribution in [3.8, 4) is 11.5 Å². The summed E-state index contributed by atoms with van der Waals surface area (Å²) in [4.78, 5) is 2.14. The molecule has 0 unspecified atom stereocenters. The van der Waals surface area contributed by atoms with Crippen LogP contribution in [0.4, 0.5) is 21.5 Å². The average molecular weight is 317 g/mol. The molecule has 122 valence electrons. The molecular formula is C17H20FN3O2.